The molecule has 0 amide bonds. The monoisotopic (exact) mass is 226 g/mol. The van der Waals surface area contributed by atoms with Crippen molar-refractivity contribution in [1.29, 1.82) is 0 Å². The third-order valence-electron chi connectivity index (χ3n) is 3.34. The topological polar surface area (TPSA) is 35.8 Å². The third-order valence-corrected chi connectivity index (χ3v) is 3.34. The van der Waals surface area contributed by atoms with Gasteiger partial charge < -0.3 is 10.0 Å². The first-order valence-corrected chi connectivity index (χ1v) is 5.67. The molecule has 2 aliphatic rings. The summed E-state index contributed by atoms with van der Waals surface area (Å²) in [6.07, 6.45) is 3.66. The van der Waals surface area contributed by atoms with Crippen LogP contribution in [0.25, 0.3) is 0 Å². The number of fused-ring (bicyclic) bond motifs is 2. The maximum Gasteiger partial charge on any atom is 0.129 e. The van der Waals surface area contributed by atoms with Gasteiger partial charge in [0.1, 0.15) is 11.8 Å². The predicted octanol–water partition coefficient (Wildman–Crippen LogP) is 2.98. The van der Waals surface area contributed by atoms with Crippen LogP contribution in [0.5, 0.6) is 0 Å². The summed E-state index contributed by atoms with van der Waals surface area (Å²) in [5.74, 6) is 0.353. The molecule has 1 aliphatic carbocycles. The van der Waals surface area contributed by atoms with Crippen molar-refractivity contribution in [3.05, 3.63) is 47.7 Å². The van der Waals surface area contributed by atoms with E-state index >= 15 is 0 Å². The Bertz CT molecular complexity index is 569. The van der Waals surface area contributed by atoms with Gasteiger partial charge in [-0.1, -0.05) is 18.2 Å². The largest absolute Gasteiger partial charge is 0.510 e. The molecule has 1 atom stereocenters. The number of benzene rings is 1. The maximum absolute atomic E-state index is 10.0. The summed E-state index contributed by atoms with van der Waals surface area (Å²) >= 11 is 0. The summed E-state index contributed by atoms with van der Waals surface area (Å²) in [5.41, 5.74) is 4.06. The van der Waals surface area contributed by atoms with Crippen LogP contribution in [0.2, 0.25) is 0 Å². The van der Waals surface area contributed by atoms with Crippen LogP contribution in [0.4, 0.5) is 11.4 Å². The first-order chi connectivity index (χ1) is 8.18. The molecule has 1 aliphatic heterocycles. The molecule has 1 N–H and O–H groups in total. The van der Waals surface area contributed by atoms with Gasteiger partial charge in [0.15, 0.2) is 0 Å². The first-order valence-electron chi connectivity index (χ1n) is 5.67. The predicted molar refractivity (Wildman–Crippen MR) is 70.2 cm³/mol. The molecule has 17 heavy (non-hydrogen) atoms. The zero-order chi connectivity index (χ0) is 12.0. The number of para-hydroxylation sites is 2. The molecule has 1 aromatic rings. The van der Waals surface area contributed by atoms with Crippen molar-refractivity contribution in [2.75, 3.05) is 11.9 Å². The number of aliphatic imine (C=N–C) groups is 1. The molecule has 0 spiro atoms. The second-order valence-electron chi connectivity index (χ2n) is 4.44. The zero-order valence-electron chi connectivity index (χ0n) is 9.88. The molecule has 0 bridgehead atoms. The van der Waals surface area contributed by atoms with Crippen LogP contribution in [0.15, 0.2) is 52.7 Å². The van der Waals surface area contributed by atoms with E-state index < -0.39 is 0 Å². The molecule has 3 heteroatoms. The highest BCUT2D eigenvalue weighted by atomic mass is 16.3. The van der Waals surface area contributed by atoms with Gasteiger partial charge in [0.25, 0.3) is 0 Å². The molecule has 0 radical (unpaired) electrons. The van der Waals surface area contributed by atoms with Crippen LogP contribution >= 0.6 is 0 Å². The van der Waals surface area contributed by atoms with Crippen LogP contribution in [0.3, 0.4) is 0 Å². The van der Waals surface area contributed by atoms with Gasteiger partial charge in [-0.05, 0) is 30.7 Å². The summed E-state index contributed by atoms with van der Waals surface area (Å²) < 4.78 is 0. The Morgan fingerprint density at radius 3 is 2.82 bits per heavy atom. The van der Waals surface area contributed by atoms with Gasteiger partial charge in [0.05, 0.1) is 17.1 Å². The summed E-state index contributed by atoms with van der Waals surface area (Å²) in [7, 11) is 1.99. The van der Waals surface area contributed by atoms with Crippen molar-refractivity contribution in [3.63, 3.8) is 0 Å². The van der Waals surface area contributed by atoms with E-state index in [1.54, 1.807) is 6.08 Å². The van der Waals surface area contributed by atoms with Gasteiger partial charge >= 0.3 is 0 Å². The minimum absolute atomic E-state index is 0.144. The number of nitrogens with zero attached hydrogens (tertiary/aromatic N) is 2. The average molecular weight is 226 g/mol. The smallest absolute Gasteiger partial charge is 0.129 e. The molecule has 0 saturated heterocycles. The van der Waals surface area contributed by atoms with Crippen molar-refractivity contribution in [2.45, 2.75) is 13.0 Å². The van der Waals surface area contributed by atoms with Crippen LogP contribution in [-0.4, -0.2) is 23.9 Å². The van der Waals surface area contributed by atoms with Crippen LogP contribution in [0.1, 0.15) is 6.92 Å². The Morgan fingerprint density at radius 2 is 2.00 bits per heavy atom. The number of anilines is 1. The summed E-state index contributed by atoms with van der Waals surface area (Å²) in [5, 5.41) is 10.0. The van der Waals surface area contributed by atoms with Crippen molar-refractivity contribution in [2.24, 2.45) is 4.99 Å². The van der Waals surface area contributed by atoms with Crippen LogP contribution in [0, 0.1) is 0 Å². The second kappa shape index (κ2) is 3.48. The molecule has 0 fully saturated rings. The van der Waals surface area contributed by atoms with E-state index in [1.807, 2.05) is 44.3 Å². The lowest BCUT2D eigenvalue weighted by molar-refractivity contribution is 0.385. The quantitative estimate of drug-likeness (QED) is 0.738. The molecule has 1 heterocycles. The van der Waals surface area contributed by atoms with Gasteiger partial charge in [0.2, 0.25) is 0 Å². The maximum atomic E-state index is 10.0. The molecular weight excluding hydrogens is 212 g/mol. The van der Waals surface area contributed by atoms with Gasteiger partial charge in [-0.25, -0.2) is 4.99 Å². The standard InChI is InChI=1S/C14H14N2O/c1-9-7-8-12(17)14-13(9)15-10-5-3-4-6-11(10)16(14)2/h3-8,14,17H,1-2H3. The fraction of sp³-hybridized carbons (Fsp3) is 0.214. The van der Waals surface area contributed by atoms with Crippen LogP contribution < -0.4 is 4.90 Å². The molecule has 0 aromatic heterocycles. The highest BCUT2D eigenvalue weighted by Crippen LogP contribution is 2.37. The minimum atomic E-state index is -0.144. The van der Waals surface area contributed by atoms with E-state index in [9.17, 15) is 5.11 Å². The van der Waals surface area contributed by atoms with Gasteiger partial charge in [-0.15, -0.1) is 0 Å². The molecular formula is C14H14N2O. The number of aliphatic hydroxyl groups is 1. The Morgan fingerprint density at radius 1 is 1.24 bits per heavy atom. The first kappa shape index (κ1) is 10.1. The number of rotatable bonds is 0. The Kier molecular flexibility index (Phi) is 2.08. The van der Waals surface area contributed by atoms with E-state index in [0.29, 0.717) is 5.76 Å². The van der Waals surface area contributed by atoms with E-state index in [0.717, 1.165) is 22.7 Å². The van der Waals surface area contributed by atoms with Crippen molar-refractivity contribution in [1.82, 2.24) is 0 Å². The van der Waals surface area contributed by atoms with Crippen molar-refractivity contribution in [3.8, 4) is 0 Å². The highest BCUT2D eigenvalue weighted by molar-refractivity contribution is 6.11. The van der Waals surface area contributed by atoms with Crippen LogP contribution in [-0.2, 0) is 0 Å². The lowest BCUT2D eigenvalue weighted by Crippen LogP contribution is -2.43. The Balaban J connectivity index is 2.22. The molecule has 86 valence electrons. The van der Waals surface area contributed by atoms with Gasteiger partial charge in [-0.2, -0.15) is 0 Å². The number of likely N-dealkylation sites (N-methyl/N-ethyl adjacent to an activating group) is 1. The number of aliphatic hydroxyl groups excluding tert-OH is 1. The SMILES string of the molecule is CC1=CC=C(O)C2C1=Nc1ccccc1N2C. The van der Waals surface area contributed by atoms with Crippen molar-refractivity contribution >= 4 is 17.1 Å². The lowest BCUT2D eigenvalue weighted by Gasteiger charge is -2.36. The fourth-order valence-corrected chi connectivity index (χ4v) is 2.40. The fourth-order valence-electron chi connectivity index (χ4n) is 2.40. The second-order valence-corrected chi connectivity index (χ2v) is 4.44. The van der Waals surface area contributed by atoms with E-state index in [1.165, 1.54) is 0 Å². The third kappa shape index (κ3) is 1.39. The lowest BCUT2D eigenvalue weighted by atomic mass is 9.94. The Hall–Kier alpha value is -2.03. The zero-order valence-corrected chi connectivity index (χ0v) is 9.88. The molecule has 3 rings (SSSR count). The summed E-state index contributed by atoms with van der Waals surface area (Å²) in [6, 6.07) is 7.85. The number of hydrogen-bond acceptors (Lipinski definition) is 3. The average Bonchev–Trinajstić information content (AvgIpc) is 2.34. The molecule has 1 aromatic carbocycles. The van der Waals surface area contributed by atoms with E-state index in [2.05, 4.69) is 9.89 Å². The van der Waals surface area contributed by atoms with E-state index in [4.69, 9.17) is 0 Å². The molecule has 0 saturated carbocycles. The normalized spacial score (nSPS) is 22.1. The van der Waals surface area contributed by atoms with Crippen molar-refractivity contribution < 1.29 is 5.11 Å². The summed E-state index contributed by atoms with van der Waals surface area (Å²) in [6.45, 7) is 2.02. The Labute approximate surface area is 100 Å². The van der Waals surface area contributed by atoms with Gasteiger partial charge in [0, 0.05) is 7.05 Å². The minimum Gasteiger partial charge on any atom is -0.510 e. The van der Waals surface area contributed by atoms with Gasteiger partial charge in [-0.3, -0.25) is 0 Å². The van der Waals surface area contributed by atoms with E-state index in [-0.39, 0.29) is 6.04 Å². The molecule has 3 nitrogen and oxygen atoms in total. The number of allylic oxidation sites excluding steroid dienone is 2. The summed E-state index contributed by atoms with van der Waals surface area (Å²) in [4.78, 5) is 6.72. The highest BCUT2D eigenvalue weighted by Gasteiger charge is 2.32. The number of hydrogen-bond donors (Lipinski definition) is 1. The molecule has 1 unspecified atom stereocenters.